The van der Waals surface area contributed by atoms with Crippen molar-refractivity contribution in [1.29, 1.82) is 0 Å². The predicted octanol–water partition coefficient (Wildman–Crippen LogP) is 2.48. The van der Waals surface area contributed by atoms with Crippen molar-refractivity contribution in [2.24, 2.45) is 0 Å². The lowest BCUT2D eigenvalue weighted by molar-refractivity contribution is -0.143. The molecule has 34 heavy (non-hydrogen) atoms. The summed E-state index contributed by atoms with van der Waals surface area (Å²) in [6.45, 7) is 6.52. The van der Waals surface area contributed by atoms with Gasteiger partial charge in [-0.25, -0.2) is 0 Å². The van der Waals surface area contributed by atoms with E-state index in [-0.39, 0.29) is 37.4 Å². The first-order chi connectivity index (χ1) is 16.4. The van der Waals surface area contributed by atoms with Gasteiger partial charge in [0.15, 0.2) is 18.1 Å². The minimum absolute atomic E-state index is 0.0806. The van der Waals surface area contributed by atoms with Gasteiger partial charge < -0.3 is 23.8 Å². The number of morpholine rings is 1. The first kappa shape index (κ1) is 26.0. The van der Waals surface area contributed by atoms with Crippen LogP contribution in [-0.4, -0.2) is 84.6 Å². The van der Waals surface area contributed by atoms with Gasteiger partial charge in [0.25, 0.3) is 11.8 Å². The molecule has 3 rings (SSSR count). The van der Waals surface area contributed by atoms with E-state index in [1.165, 1.54) is 16.7 Å². The third kappa shape index (κ3) is 6.94. The Morgan fingerprint density at radius 2 is 1.91 bits per heavy atom. The van der Waals surface area contributed by atoms with Crippen LogP contribution in [0.15, 0.2) is 23.1 Å². The number of thiocarbonyl (C=S) groups is 1. The van der Waals surface area contributed by atoms with E-state index in [0.717, 1.165) is 5.56 Å². The van der Waals surface area contributed by atoms with Crippen LogP contribution >= 0.6 is 24.0 Å². The Labute approximate surface area is 208 Å². The van der Waals surface area contributed by atoms with Gasteiger partial charge in [0.2, 0.25) is 0 Å². The number of hydrogen-bond donors (Lipinski definition) is 0. The first-order valence-corrected chi connectivity index (χ1v) is 12.3. The maximum absolute atomic E-state index is 12.8. The van der Waals surface area contributed by atoms with Crippen LogP contribution in [0.4, 0.5) is 0 Å². The van der Waals surface area contributed by atoms with E-state index >= 15 is 0 Å². The fourth-order valence-electron chi connectivity index (χ4n) is 3.33. The molecule has 0 N–H and O–H groups in total. The summed E-state index contributed by atoms with van der Waals surface area (Å²) in [4.78, 5) is 40.3. The molecule has 0 saturated carbocycles. The van der Waals surface area contributed by atoms with Crippen molar-refractivity contribution in [2.45, 2.75) is 20.3 Å². The van der Waals surface area contributed by atoms with Crippen molar-refractivity contribution >= 4 is 52.2 Å². The maximum atomic E-state index is 12.8. The molecule has 0 atom stereocenters. The zero-order valence-electron chi connectivity index (χ0n) is 19.2. The molecule has 2 aliphatic heterocycles. The molecule has 9 nitrogen and oxygen atoms in total. The van der Waals surface area contributed by atoms with Crippen molar-refractivity contribution in [3.63, 3.8) is 0 Å². The van der Waals surface area contributed by atoms with Crippen molar-refractivity contribution in [3.8, 4) is 11.5 Å². The zero-order valence-corrected chi connectivity index (χ0v) is 20.9. The summed E-state index contributed by atoms with van der Waals surface area (Å²) in [5, 5.41) is 0. The number of ether oxygens (including phenoxy) is 4. The molecule has 2 saturated heterocycles. The molecule has 2 aliphatic rings. The van der Waals surface area contributed by atoms with Crippen molar-refractivity contribution in [1.82, 2.24) is 9.80 Å². The molecule has 1 aromatic carbocycles. The summed E-state index contributed by atoms with van der Waals surface area (Å²) in [7, 11) is 0. The Balaban J connectivity index is 1.66. The summed E-state index contributed by atoms with van der Waals surface area (Å²) < 4.78 is 22.0. The molecule has 11 heteroatoms. The fraction of sp³-hybridized carbons (Fsp3) is 0.478. The summed E-state index contributed by atoms with van der Waals surface area (Å²) >= 11 is 6.49. The number of rotatable bonds is 10. The molecule has 184 valence electrons. The smallest absolute Gasteiger partial charge is 0.307 e. The molecule has 0 spiro atoms. The number of esters is 1. The number of hydrogen-bond acceptors (Lipinski definition) is 9. The average Bonchev–Trinajstić information content (AvgIpc) is 3.10. The third-order valence-electron chi connectivity index (χ3n) is 5.00. The van der Waals surface area contributed by atoms with Gasteiger partial charge in [0.1, 0.15) is 4.32 Å². The van der Waals surface area contributed by atoms with Gasteiger partial charge in [0, 0.05) is 19.6 Å². The second-order valence-corrected chi connectivity index (χ2v) is 8.99. The highest BCUT2D eigenvalue weighted by atomic mass is 32.2. The van der Waals surface area contributed by atoms with Crippen molar-refractivity contribution in [3.05, 3.63) is 28.7 Å². The van der Waals surface area contributed by atoms with Crippen LogP contribution in [0.5, 0.6) is 11.5 Å². The van der Waals surface area contributed by atoms with E-state index in [1.54, 1.807) is 36.1 Å². The molecule has 2 heterocycles. The Kier molecular flexibility index (Phi) is 9.73. The Hall–Kier alpha value is -2.63. The highest BCUT2D eigenvalue weighted by molar-refractivity contribution is 8.26. The van der Waals surface area contributed by atoms with Crippen LogP contribution in [-0.2, 0) is 23.9 Å². The monoisotopic (exact) mass is 508 g/mol. The minimum atomic E-state index is -0.371. The number of carbonyl (C=O) groups is 3. The van der Waals surface area contributed by atoms with Gasteiger partial charge in [-0.2, -0.15) is 0 Å². The highest BCUT2D eigenvalue weighted by Gasteiger charge is 2.32. The van der Waals surface area contributed by atoms with E-state index < -0.39 is 0 Å². The van der Waals surface area contributed by atoms with Gasteiger partial charge in [-0.15, -0.1) is 0 Å². The molecule has 2 amide bonds. The van der Waals surface area contributed by atoms with E-state index in [9.17, 15) is 14.4 Å². The lowest BCUT2D eigenvalue weighted by Gasteiger charge is -2.26. The van der Waals surface area contributed by atoms with E-state index in [0.29, 0.717) is 60.2 Å². The van der Waals surface area contributed by atoms with Crippen LogP contribution in [0, 0.1) is 0 Å². The lowest BCUT2D eigenvalue weighted by Crippen LogP contribution is -2.43. The Morgan fingerprint density at radius 3 is 2.62 bits per heavy atom. The molecule has 0 unspecified atom stereocenters. The summed E-state index contributed by atoms with van der Waals surface area (Å²) in [6.07, 6.45) is 1.80. The third-order valence-corrected chi connectivity index (χ3v) is 6.38. The number of benzene rings is 1. The molecule has 1 aromatic rings. The second-order valence-electron chi connectivity index (χ2n) is 7.31. The topological polar surface area (TPSA) is 94.6 Å². The van der Waals surface area contributed by atoms with Crippen LogP contribution in [0.1, 0.15) is 25.8 Å². The van der Waals surface area contributed by atoms with Crippen molar-refractivity contribution < 1.29 is 33.3 Å². The molecule has 2 fully saturated rings. The Bertz CT molecular complexity index is 961. The predicted molar refractivity (Wildman–Crippen MR) is 132 cm³/mol. The van der Waals surface area contributed by atoms with Crippen LogP contribution < -0.4 is 9.47 Å². The number of amides is 2. The highest BCUT2D eigenvalue weighted by Crippen LogP contribution is 2.35. The molecule has 0 radical (unpaired) electrons. The average molecular weight is 509 g/mol. The summed E-state index contributed by atoms with van der Waals surface area (Å²) in [5.41, 5.74) is 0.723. The Morgan fingerprint density at radius 1 is 1.15 bits per heavy atom. The first-order valence-electron chi connectivity index (χ1n) is 11.1. The molecular weight excluding hydrogens is 480 g/mol. The van der Waals surface area contributed by atoms with Gasteiger partial charge >= 0.3 is 5.97 Å². The van der Waals surface area contributed by atoms with Gasteiger partial charge in [-0.3, -0.25) is 19.3 Å². The fourth-order valence-corrected chi connectivity index (χ4v) is 4.63. The van der Waals surface area contributed by atoms with E-state index in [1.807, 2.05) is 6.92 Å². The zero-order chi connectivity index (χ0) is 24.5. The van der Waals surface area contributed by atoms with Crippen LogP contribution in [0.2, 0.25) is 0 Å². The van der Waals surface area contributed by atoms with Crippen LogP contribution in [0.3, 0.4) is 0 Å². The minimum Gasteiger partial charge on any atom is -0.490 e. The standard InChI is InChI=1S/C23H28N2O7S2/c1-3-30-18-13-16(5-6-17(18)32-15-20(26)24-9-11-29-12-10-24)14-19-22(28)25(23(33)34-19)8-7-21(27)31-4-2/h5-6,13-14H,3-4,7-12,15H2,1-2H3/b19-14+. The van der Waals surface area contributed by atoms with Gasteiger partial charge in [-0.05, 0) is 37.6 Å². The second kappa shape index (κ2) is 12.7. The summed E-state index contributed by atoms with van der Waals surface area (Å²) in [5.74, 6) is 0.186. The van der Waals surface area contributed by atoms with E-state index in [4.69, 9.17) is 31.2 Å². The lowest BCUT2D eigenvalue weighted by atomic mass is 10.2. The van der Waals surface area contributed by atoms with Crippen molar-refractivity contribution in [2.75, 3.05) is 52.7 Å². The molecular formula is C23H28N2O7S2. The van der Waals surface area contributed by atoms with E-state index in [2.05, 4.69) is 0 Å². The summed E-state index contributed by atoms with van der Waals surface area (Å²) in [6, 6.07) is 5.25. The molecule has 0 aromatic heterocycles. The maximum Gasteiger partial charge on any atom is 0.307 e. The van der Waals surface area contributed by atoms with Gasteiger partial charge in [0.05, 0.1) is 37.8 Å². The number of carbonyl (C=O) groups excluding carboxylic acids is 3. The molecule has 0 aliphatic carbocycles. The SMILES string of the molecule is CCOC(=O)CCN1C(=O)/C(=C\c2ccc(OCC(=O)N3CCOCC3)c(OCC)c2)SC1=S. The van der Waals surface area contributed by atoms with Gasteiger partial charge in [-0.1, -0.05) is 30.0 Å². The number of thioether (sulfide) groups is 1. The normalized spacial score (nSPS) is 17.3. The molecule has 0 bridgehead atoms. The van der Waals surface area contributed by atoms with Crippen LogP contribution in [0.25, 0.3) is 6.08 Å². The number of nitrogens with zero attached hydrogens (tertiary/aromatic N) is 2. The quantitative estimate of drug-likeness (QED) is 0.268. The largest absolute Gasteiger partial charge is 0.490 e.